The van der Waals surface area contributed by atoms with E-state index in [4.69, 9.17) is 19.5 Å². The van der Waals surface area contributed by atoms with Gasteiger partial charge < -0.3 is 14.7 Å². The standard InChI is InChI=1S/C17H24N4O3.C2HF3O2/c1-12-4-7-16(19-18-12)20-10-8-14-13(20)5-6-15(24-14)17(22)21-9-2-3-11-23-21;3-2(4,5)1(6)7/h4,7,13-15H,2-3,5-6,8-11H2,1H3;(H,6,7)/t13-,14-,15+;/m1./s1. The van der Waals surface area contributed by atoms with E-state index in [1.807, 2.05) is 19.1 Å². The van der Waals surface area contributed by atoms with E-state index in [0.717, 1.165) is 50.2 Å². The first-order chi connectivity index (χ1) is 14.7. The molecule has 12 heteroatoms. The maximum atomic E-state index is 12.6. The zero-order valence-corrected chi connectivity index (χ0v) is 17.0. The Kier molecular flexibility index (Phi) is 7.31. The lowest BCUT2D eigenvalue weighted by Gasteiger charge is -2.37. The van der Waals surface area contributed by atoms with Gasteiger partial charge in [0, 0.05) is 13.1 Å². The number of nitrogens with zero attached hydrogens (tertiary/aromatic N) is 4. The van der Waals surface area contributed by atoms with Crippen LogP contribution in [0.5, 0.6) is 0 Å². The van der Waals surface area contributed by atoms with E-state index in [-0.39, 0.29) is 24.2 Å². The molecule has 0 spiro atoms. The first-order valence-corrected chi connectivity index (χ1v) is 10.1. The summed E-state index contributed by atoms with van der Waals surface area (Å²) < 4.78 is 37.9. The molecule has 1 amide bonds. The quantitative estimate of drug-likeness (QED) is 0.737. The second-order valence-corrected chi connectivity index (χ2v) is 7.61. The lowest BCUT2D eigenvalue weighted by atomic mass is 9.98. The van der Waals surface area contributed by atoms with Crippen LogP contribution in [0.15, 0.2) is 12.1 Å². The largest absolute Gasteiger partial charge is 0.490 e. The molecule has 3 aliphatic heterocycles. The van der Waals surface area contributed by atoms with Crippen LogP contribution in [-0.4, -0.2) is 76.4 Å². The third kappa shape index (κ3) is 5.82. The van der Waals surface area contributed by atoms with Crippen molar-refractivity contribution in [1.29, 1.82) is 0 Å². The van der Waals surface area contributed by atoms with Crippen molar-refractivity contribution in [2.24, 2.45) is 0 Å². The minimum atomic E-state index is -5.08. The van der Waals surface area contributed by atoms with Crippen molar-refractivity contribution in [2.75, 3.05) is 24.6 Å². The molecule has 0 aromatic carbocycles. The Morgan fingerprint density at radius 2 is 1.87 bits per heavy atom. The number of carbonyl (C=O) groups is 2. The van der Waals surface area contributed by atoms with Crippen molar-refractivity contribution in [2.45, 2.75) is 63.5 Å². The summed E-state index contributed by atoms with van der Waals surface area (Å²) >= 11 is 0. The lowest BCUT2D eigenvalue weighted by Crippen LogP contribution is -2.50. The minimum Gasteiger partial charge on any atom is -0.475 e. The average molecular weight is 446 g/mol. The molecule has 3 fully saturated rings. The van der Waals surface area contributed by atoms with E-state index in [2.05, 4.69) is 15.1 Å². The molecule has 3 atom stereocenters. The van der Waals surface area contributed by atoms with E-state index in [1.165, 1.54) is 5.06 Å². The van der Waals surface area contributed by atoms with Crippen molar-refractivity contribution in [3.63, 3.8) is 0 Å². The third-order valence-corrected chi connectivity index (χ3v) is 5.39. The molecule has 0 radical (unpaired) electrons. The second kappa shape index (κ2) is 9.77. The number of hydrogen-bond acceptors (Lipinski definition) is 7. The van der Waals surface area contributed by atoms with Crippen molar-refractivity contribution in [3.8, 4) is 0 Å². The van der Waals surface area contributed by atoms with Gasteiger partial charge in [0.25, 0.3) is 5.91 Å². The monoisotopic (exact) mass is 446 g/mol. The number of anilines is 1. The number of hydroxylamine groups is 2. The van der Waals surface area contributed by atoms with Gasteiger partial charge in [-0.25, -0.2) is 9.86 Å². The molecule has 1 aromatic rings. The summed E-state index contributed by atoms with van der Waals surface area (Å²) in [5.74, 6) is -1.87. The first kappa shape index (κ1) is 23.2. The fourth-order valence-corrected chi connectivity index (χ4v) is 3.87. The Morgan fingerprint density at radius 3 is 2.45 bits per heavy atom. The molecule has 1 N–H and O–H groups in total. The average Bonchev–Trinajstić information content (AvgIpc) is 3.17. The van der Waals surface area contributed by atoms with Crippen LogP contribution < -0.4 is 4.90 Å². The van der Waals surface area contributed by atoms with Crippen LogP contribution >= 0.6 is 0 Å². The van der Waals surface area contributed by atoms with Gasteiger partial charge in [0.1, 0.15) is 6.10 Å². The number of ether oxygens (including phenoxy) is 1. The topological polar surface area (TPSA) is 105 Å². The number of hydrogen-bond donors (Lipinski definition) is 1. The van der Waals surface area contributed by atoms with Gasteiger partial charge >= 0.3 is 12.1 Å². The Balaban J connectivity index is 0.000000339. The summed E-state index contributed by atoms with van der Waals surface area (Å²) in [6.07, 6.45) is -0.754. The fraction of sp³-hybridized carbons (Fsp3) is 0.684. The van der Waals surface area contributed by atoms with E-state index >= 15 is 0 Å². The number of aliphatic carboxylic acids is 1. The van der Waals surface area contributed by atoms with Crippen LogP contribution in [0.1, 0.15) is 37.8 Å². The van der Waals surface area contributed by atoms with Crippen LogP contribution in [0.2, 0.25) is 0 Å². The van der Waals surface area contributed by atoms with Crippen LogP contribution in [0.4, 0.5) is 19.0 Å². The number of carboxylic acids is 1. The molecule has 0 unspecified atom stereocenters. The molecule has 31 heavy (non-hydrogen) atoms. The molecule has 1 aromatic heterocycles. The van der Waals surface area contributed by atoms with Crippen LogP contribution in [0.25, 0.3) is 0 Å². The summed E-state index contributed by atoms with van der Waals surface area (Å²) in [6.45, 7) is 4.14. The van der Waals surface area contributed by atoms with Crippen LogP contribution in [0, 0.1) is 6.92 Å². The molecular weight excluding hydrogens is 421 g/mol. The summed E-state index contributed by atoms with van der Waals surface area (Å²) in [6, 6.07) is 4.29. The van der Waals surface area contributed by atoms with E-state index in [9.17, 15) is 18.0 Å². The number of fused-ring (bicyclic) bond motifs is 1. The highest BCUT2D eigenvalue weighted by Gasteiger charge is 2.43. The number of halogens is 3. The second-order valence-electron chi connectivity index (χ2n) is 7.61. The SMILES string of the molecule is Cc1ccc(N2CC[C@H]3O[C@H](C(=O)N4CCCCO4)CC[C@H]32)nn1.O=C(O)C(F)(F)F. The third-order valence-electron chi connectivity index (χ3n) is 5.39. The predicted octanol–water partition coefficient (Wildman–Crippen LogP) is 2.10. The molecule has 3 saturated heterocycles. The number of alkyl halides is 3. The number of aromatic nitrogens is 2. The normalized spacial score (nSPS) is 26.0. The molecule has 4 heterocycles. The van der Waals surface area contributed by atoms with Crippen LogP contribution in [0.3, 0.4) is 0 Å². The number of aryl methyl sites for hydroxylation is 1. The predicted molar refractivity (Wildman–Crippen MR) is 101 cm³/mol. The first-order valence-electron chi connectivity index (χ1n) is 10.1. The maximum absolute atomic E-state index is 12.6. The summed E-state index contributed by atoms with van der Waals surface area (Å²) in [5.41, 5.74) is 0.918. The smallest absolute Gasteiger partial charge is 0.475 e. The lowest BCUT2D eigenvalue weighted by molar-refractivity contribution is -0.212. The highest BCUT2D eigenvalue weighted by Crippen LogP contribution is 2.34. The van der Waals surface area contributed by atoms with Gasteiger partial charge in [-0.2, -0.15) is 18.3 Å². The number of rotatable bonds is 2. The van der Waals surface area contributed by atoms with Crippen molar-refractivity contribution in [3.05, 3.63) is 17.8 Å². The van der Waals surface area contributed by atoms with E-state index in [0.29, 0.717) is 13.2 Å². The number of carbonyl (C=O) groups excluding carboxylic acids is 1. The Bertz CT molecular complexity index is 771. The molecule has 0 aliphatic carbocycles. The molecule has 3 aliphatic rings. The van der Waals surface area contributed by atoms with Gasteiger partial charge in [-0.05, 0) is 51.2 Å². The van der Waals surface area contributed by atoms with Gasteiger partial charge in [-0.15, -0.1) is 5.10 Å². The molecule has 0 saturated carbocycles. The molecular formula is C19H25F3N4O5. The Labute approximate surface area is 177 Å². The summed E-state index contributed by atoms with van der Waals surface area (Å²) in [5, 5.41) is 17.1. The zero-order chi connectivity index (χ0) is 22.6. The van der Waals surface area contributed by atoms with Gasteiger partial charge in [0.2, 0.25) is 0 Å². The van der Waals surface area contributed by atoms with Crippen molar-refractivity contribution < 1.29 is 37.4 Å². The van der Waals surface area contributed by atoms with Gasteiger partial charge in [0.05, 0.1) is 24.4 Å². The fourth-order valence-electron chi connectivity index (χ4n) is 3.87. The molecule has 4 rings (SSSR count). The maximum Gasteiger partial charge on any atom is 0.490 e. The zero-order valence-electron chi connectivity index (χ0n) is 17.0. The molecule has 172 valence electrons. The number of carboxylic acid groups (broad SMARTS) is 1. The Morgan fingerprint density at radius 1 is 1.13 bits per heavy atom. The summed E-state index contributed by atoms with van der Waals surface area (Å²) in [4.78, 5) is 29.2. The highest BCUT2D eigenvalue weighted by molar-refractivity contribution is 5.80. The Hall–Kier alpha value is -2.47. The van der Waals surface area contributed by atoms with E-state index < -0.39 is 12.1 Å². The van der Waals surface area contributed by atoms with Gasteiger partial charge in [0.15, 0.2) is 5.82 Å². The highest BCUT2D eigenvalue weighted by atomic mass is 19.4. The van der Waals surface area contributed by atoms with E-state index in [1.54, 1.807) is 0 Å². The molecule has 0 bridgehead atoms. The van der Waals surface area contributed by atoms with Gasteiger partial charge in [-0.3, -0.25) is 9.63 Å². The van der Waals surface area contributed by atoms with Crippen molar-refractivity contribution in [1.82, 2.24) is 15.3 Å². The van der Waals surface area contributed by atoms with Crippen molar-refractivity contribution >= 4 is 17.7 Å². The van der Waals surface area contributed by atoms with Gasteiger partial charge in [-0.1, -0.05) is 0 Å². The minimum absolute atomic E-state index is 0.0123. The molecule has 9 nitrogen and oxygen atoms in total. The van der Waals surface area contributed by atoms with Crippen LogP contribution in [-0.2, 0) is 19.2 Å². The number of amides is 1. The summed E-state index contributed by atoms with van der Waals surface area (Å²) in [7, 11) is 0.